The Morgan fingerprint density at radius 3 is 2.59 bits per heavy atom. The Morgan fingerprint density at radius 1 is 1.14 bits per heavy atom. The zero-order chi connectivity index (χ0) is 20.8. The molecule has 152 valence electrons. The van der Waals surface area contributed by atoms with Crippen LogP contribution in [0.15, 0.2) is 47.1 Å². The molecule has 0 bridgehead atoms. The van der Waals surface area contributed by atoms with Crippen molar-refractivity contribution < 1.29 is 23.6 Å². The van der Waals surface area contributed by atoms with Gasteiger partial charge in [-0.3, -0.25) is 4.79 Å². The molecule has 0 saturated carbocycles. The van der Waals surface area contributed by atoms with Crippen LogP contribution in [0.1, 0.15) is 19.4 Å². The van der Waals surface area contributed by atoms with Crippen LogP contribution in [0.3, 0.4) is 0 Å². The van der Waals surface area contributed by atoms with Gasteiger partial charge in [-0.15, -0.1) is 0 Å². The van der Waals surface area contributed by atoms with Crippen LogP contribution in [0.5, 0.6) is 17.2 Å². The minimum absolute atomic E-state index is 0.217. The van der Waals surface area contributed by atoms with Crippen LogP contribution in [0, 0.1) is 6.92 Å². The summed E-state index contributed by atoms with van der Waals surface area (Å²) < 4.78 is 21.4. The van der Waals surface area contributed by atoms with Gasteiger partial charge in [0.25, 0.3) is 5.91 Å². The molecule has 29 heavy (non-hydrogen) atoms. The van der Waals surface area contributed by atoms with E-state index in [1.165, 1.54) is 0 Å². The van der Waals surface area contributed by atoms with Crippen molar-refractivity contribution >= 4 is 11.7 Å². The molecule has 0 radical (unpaired) electrons. The number of aromatic nitrogens is 2. The summed E-state index contributed by atoms with van der Waals surface area (Å²) in [7, 11) is 1.54. The van der Waals surface area contributed by atoms with Crippen molar-refractivity contribution in [2.45, 2.75) is 26.9 Å². The quantitative estimate of drug-likeness (QED) is 0.616. The highest BCUT2D eigenvalue weighted by Crippen LogP contribution is 2.30. The smallest absolute Gasteiger partial charge is 0.266 e. The first kappa shape index (κ1) is 20.2. The monoisotopic (exact) mass is 397 g/mol. The molecule has 1 N–H and O–H groups in total. The SMILES string of the molecule is CCOc1ccc(-c2nonc2NC(=O)[C@@H](C)Oc2ccccc2OC)cc1C. The van der Waals surface area contributed by atoms with Gasteiger partial charge in [0.1, 0.15) is 5.75 Å². The van der Waals surface area contributed by atoms with Gasteiger partial charge in [0, 0.05) is 5.56 Å². The van der Waals surface area contributed by atoms with Gasteiger partial charge < -0.3 is 19.5 Å². The number of hydrogen-bond donors (Lipinski definition) is 1. The van der Waals surface area contributed by atoms with Crippen molar-refractivity contribution in [3.05, 3.63) is 48.0 Å². The number of anilines is 1. The molecule has 0 aliphatic rings. The summed E-state index contributed by atoms with van der Waals surface area (Å²) in [6.45, 7) is 6.08. The number of ether oxygens (including phenoxy) is 3. The predicted octanol–water partition coefficient (Wildman–Crippen LogP) is 3.86. The maximum Gasteiger partial charge on any atom is 0.266 e. The van der Waals surface area contributed by atoms with Gasteiger partial charge in [-0.05, 0) is 67.0 Å². The molecule has 1 atom stereocenters. The number of nitrogens with zero attached hydrogens (tertiary/aromatic N) is 2. The second kappa shape index (κ2) is 9.09. The minimum Gasteiger partial charge on any atom is -0.494 e. The van der Waals surface area contributed by atoms with Crippen molar-refractivity contribution in [1.82, 2.24) is 10.3 Å². The van der Waals surface area contributed by atoms with Crippen LogP contribution in [-0.2, 0) is 4.79 Å². The molecule has 1 heterocycles. The van der Waals surface area contributed by atoms with E-state index in [-0.39, 0.29) is 5.82 Å². The summed E-state index contributed by atoms with van der Waals surface area (Å²) in [5, 5.41) is 10.4. The van der Waals surface area contributed by atoms with Crippen molar-refractivity contribution in [1.29, 1.82) is 0 Å². The molecular formula is C21H23N3O5. The van der Waals surface area contributed by atoms with E-state index in [1.807, 2.05) is 38.1 Å². The van der Waals surface area contributed by atoms with Crippen molar-refractivity contribution in [3.63, 3.8) is 0 Å². The summed E-state index contributed by atoms with van der Waals surface area (Å²) in [6.07, 6.45) is -0.794. The Labute approximate surface area is 168 Å². The van der Waals surface area contributed by atoms with E-state index in [0.717, 1.165) is 16.9 Å². The van der Waals surface area contributed by atoms with Crippen LogP contribution in [-0.4, -0.2) is 36.0 Å². The third-order valence-corrected chi connectivity index (χ3v) is 4.22. The third kappa shape index (κ3) is 4.66. The zero-order valence-electron chi connectivity index (χ0n) is 16.8. The van der Waals surface area contributed by atoms with Gasteiger partial charge >= 0.3 is 0 Å². The first-order chi connectivity index (χ1) is 14.0. The first-order valence-corrected chi connectivity index (χ1v) is 9.20. The van der Waals surface area contributed by atoms with E-state index < -0.39 is 12.0 Å². The lowest BCUT2D eigenvalue weighted by atomic mass is 10.1. The summed E-state index contributed by atoms with van der Waals surface area (Å²) >= 11 is 0. The summed E-state index contributed by atoms with van der Waals surface area (Å²) in [5.41, 5.74) is 2.12. The molecule has 0 fully saturated rings. The number of carbonyl (C=O) groups is 1. The van der Waals surface area contributed by atoms with Gasteiger partial charge in [0.2, 0.25) is 5.82 Å². The topological polar surface area (TPSA) is 95.7 Å². The molecule has 1 aromatic heterocycles. The molecule has 0 spiro atoms. The van der Waals surface area contributed by atoms with E-state index in [4.69, 9.17) is 18.8 Å². The number of benzene rings is 2. The van der Waals surface area contributed by atoms with Gasteiger partial charge in [-0.25, -0.2) is 4.63 Å². The van der Waals surface area contributed by atoms with Gasteiger partial charge in [-0.2, -0.15) is 0 Å². The van der Waals surface area contributed by atoms with Crippen LogP contribution in [0.4, 0.5) is 5.82 Å². The Morgan fingerprint density at radius 2 is 1.90 bits per heavy atom. The molecule has 3 rings (SSSR count). The average molecular weight is 397 g/mol. The number of hydrogen-bond acceptors (Lipinski definition) is 7. The second-order valence-corrected chi connectivity index (χ2v) is 6.27. The molecule has 8 nitrogen and oxygen atoms in total. The molecule has 0 aliphatic carbocycles. The molecule has 2 aromatic carbocycles. The Bertz CT molecular complexity index is 986. The van der Waals surface area contributed by atoms with Gasteiger partial charge in [0.05, 0.1) is 13.7 Å². The van der Waals surface area contributed by atoms with Gasteiger partial charge in [-0.1, -0.05) is 12.1 Å². The van der Waals surface area contributed by atoms with Crippen molar-refractivity contribution in [3.8, 4) is 28.5 Å². The molecule has 8 heteroatoms. The number of carbonyl (C=O) groups excluding carboxylic acids is 1. The molecule has 1 amide bonds. The number of rotatable bonds is 8. The lowest BCUT2D eigenvalue weighted by Gasteiger charge is -2.16. The molecule has 0 aliphatic heterocycles. The number of aryl methyl sites for hydroxylation is 1. The van der Waals surface area contributed by atoms with Crippen LogP contribution < -0.4 is 19.5 Å². The number of nitrogens with one attached hydrogen (secondary N) is 1. The Balaban J connectivity index is 1.74. The van der Waals surface area contributed by atoms with Crippen LogP contribution in [0.25, 0.3) is 11.3 Å². The summed E-state index contributed by atoms with van der Waals surface area (Å²) in [5.74, 6) is 1.63. The fourth-order valence-electron chi connectivity index (χ4n) is 2.75. The number of amides is 1. The largest absolute Gasteiger partial charge is 0.494 e. The van der Waals surface area contributed by atoms with E-state index in [1.54, 1.807) is 32.2 Å². The fourth-order valence-corrected chi connectivity index (χ4v) is 2.75. The number of methoxy groups -OCH3 is 1. The first-order valence-electron chi connectivity index (χ1n) is 9.20. The fraction of sp³-hybridized carbons (Fsp3) is 0.286. The van der Waals surface area contributed by atoms with Crippen LogP contribution >= 0.6 is 0 Å². The lowest BCUT2D eigenvalue weighted by molar-refractivity contribution is -0.122. The van der Waals surface area contributed by atoms with Crippen LogP contribution in [0.2, 0.25) is 0 Å². The average Bonchev–Trinajstić information content (AvgIpc) is 3.18. The highest BCUT2D eigenvalue weighted by atomic mass is 16.6. The summed E-state index contributed by atoms with van der Waals surface area (Å²) in [4.78, 5) is 12.6. The second-order valence-electron chi connectivity index (χ2n) is 6.27. The molecule has 3 aromatic rings. The zero-order valence-corrected chi connectivity index (χ0v) is 16.8. The standard InChI is InChI=1S/C21H23N3O5/c1-5-27-16-11-10-15(12-13(16)2)19-20(24-29-23-19)22-21(25)14(3)28-18-9-7-6-8-17(18)26-4/h6-12,14H,5H2,1-4H3,(H,22,24,25)/t14-/m1/s1. The molecular weight excluding hydrogens is 374 g/mol. The Kier molecular flexibility index (Phi) is 6.33. The third-order valence-electron chi connectivity index (χ3n) is 4.22. The normalized spacial score (nSPS) is 11.6. The predicted molar refractivity (Wildman–Crippen MR) is 107 cm³/mol. The van der Waals surface area contributed by atoms with E-state index >= 15 is 0 Å². The maximum absolute atomic E-state index is 12.6. The minimum atomic E-state index is -0.794. The lowest BCUT2D eigenvalue weighted by Crippen LogP contribution is -2.30. The van der Waals surface area contributed by atoms with E-state index in [9.17, 15) is 4.79 Å². The molecule has 0 saturated heterocycles. The van der Waals surface area contributed by atoms with Gasteiger partial charge in [0.15, 0.2) is 23.3 Å². The Hall–Kier alpha value is -3.55. The maximum atomic E-state index is 12.6. The highest BCUT2D eigenvalue weighted by molar-refractivity contribution is 5.96. The van der Waals surface area contributed by atoms with Crippen molar-refractivity contribution in [2.75, 3.05) is 19.0 Å². The highest BCUT2D eigenvalue weighted by Gasteiger charge is 2.21. The van der Waals surface area contributed by atoms with E-state index in [2.05, 4.69) is 15.6 Å². The van der Waals surface area contributed by atoms with E-state index in [0.29, 0.717) is 23.8 Å². The van der Waals surface area contributed by atoms with Crippen molar-refractivity contribution in [2.24, 2.45) is 0 Å². The molecule has 0 unspecified atom stereocenters. The summed E-state index contributed by atoms with van der Waals surface area (Å²) in [6, 6.07) is 12.7. The number of para-hydroxylation sites is 2.